The van der Waals surface area contributed by atoms with Gasteiger partial charge in [0.25, 0.3) is 0 Å². The third kappa shape index (κ3) is 29.8. The van der Waals surface area contributed by atoms with Crippen molar-refractivity contribution in [2.75, 3.05) is 6.61 Å². The van der Waals surface area contributed by atoms with Crippen LogP contribution >= 0.6 is 0 Å². The number of benzene rings is 1. The van der Waals surface area contributed by atoms with Gasteiger partial charge in [0.05, 0.1) is 19.6 Å². The van der Waals surface area contributed by atoms with Crippen molar-refractivity contribution in [1.29, 1.82) is 0 Å². The molecule has 1 saturated heterocycles. The summed E-state index contributed by atoms with van der Waals surface area (Å²) in [6, 6.07) is 8.43. The molecule has 1 heterocycles. The van der Waals surface area contributed by atoms with Gasteiger partial charge < -0.3 is 34.5 Å². The van der Waals surface area contributed by atoms with E-state index >= 15 is 0 Å². The lowest BCUT2D eigenvalue weighted by atomic mass is 9.96. The Morgan fingerprint density at radius 3 is 1.49 bits per heavy atom. The summed E-state index contributed by atoms with van der Waals surface area (Å²) in [6.45, 7) is 6.31. The van der Waals surface area contributed by atoms with Crippen molar-refractivity contribution in [2.24, 2.45) is 0 Å². The smallest absolute Gasteiger partial charge is 0.306 e. The van der Waals surface area contributed by atoms with E-state index in [9.17, 15) is 24.6 Å². The second kappa shape index (κ2) is 40.5. The first-order valence-electron chi connectivity index (χ1n) is 27.1. The first-order chi connectivity index (χ1) is 31.8. The number of hydrogen-bond acceptors (Lipinski definition) is 9. The summed E-state index contributed by atoms with van der Waals surface area (Å²) in [5.74, 6) is -1.18. The number of carbonyl (C=O) groups is 3. The summed E-state index contributed by atoms with van der Waals surface area (Å²) in [7, 11) is 0. The van der Waals surface area contributed by atoms with Crippen molar-refractivity contribution in [1.82, 2.24) is 5.32 Å². The van der Waals surface area contributed by atoms with E-state index in [1.54, 1.807) is 0 Å². The fourth-order valence-corrected chi connectivity index (χ4v) is 8.92. The number of esters is 2. The van der Waals surface area contributed by atoms with E-state index in [4.69, 9.17) is 18.9 Å². The van der Waals surface area contributed by atoms with Crippen molar-refractivity contribution < 1.29 is 43.5 Å². The fourth-order valence-electron chi connectivity index (χ4n) is 8.92. The lowest BCUT2D eigenvalue weighted by molar-refractivity contribution is -0.276. The van der Waals surface area contributed by atoms with E-state index in [1.807, 2.05) is 30.3 Å². The van der Waals surface area contributed by atoms with Crippen LogP contribution in [0, 0.1) is 0 Å². The molecule has 1 aromatic carbocycles. The number of aliphatic hydroxyl groups excluding tert-OH is 2. The van der Waals surface area contributed by atoms with Crippen LogP contribution in [0.25, 0.3) is 0 Å². The Morgan fingerprint density at radius 2 is 1.03 bits per heavy atom. The molecule has 0 unspecified atom stereocenters. The highest BCUT2D eigenvalue weighted by Crippen LogP contribution is 2.27. The zero-order valence-corrected chi connectivity index (χ0v) is 41.8. The van der Waals surface area contributed by atoms with E-state index in [2.05, 4.69) is 26.1 Å². The van der Waals surface area contributed by atoms with Crippen molar-refractivity contribution >= 4 is 17.8 Å². The number of amides is 1. The molecule has 6 atom stereocenters. The maximum atomic E-state index is 14.0. The molecule has 0 aromatic heterocycles. The molecule has 3 N–H and O–H groups in total. The minimum atomic E-state index is -1.41. The Bertz CT molecular complexity index is 1280. The van der Waals surface area contributed by atoms with Crippen LogP contribution in [0.4, 0.5) is 0 Å². The van der Waals surface area contributed by atoms with Crippen molar-refractivity contribution in [2.45, 2.75) is 289 Å². The number of carbonyl (C=O) groups excluding carboxylic acids is 3. The Labute approximate surface area is 396 Å². The standard InChI is InChI=1S/C55H97NO9/c1-4-7-10-13-16-19-21-24-27-30-36-41-50(59)63-47(40-35-29-26-23-18-15-12-9-6-3)43-49(58)56-52-54(65-51(60)42-37-31-28-25-22-20-17-14-11-8-5-2)53(61)48(44-57)64-55(52)62-45-46-38-33-32-34-39-46/h32-34,38-39,47-48,52-55,57,61H,4-31,35-37,40-45H2,1-3H3,(H,56,58)/t47-,48+,52+,53+,54+,55+/m0/s1. The number of ether oxygens (including phenoxy) is 4. The Kier molecular flexibility index (Phi) is 36.5. The monoisotopic (exact) mass is 916 g/mol. The highest BCUT2D eigenvalue weighted by Gasteiger charge is 2.48. The van der Waals surface area contributed by atoms with E-state index in [0.29, 0.717) is 19.3 Å². The molecule has 1 aliphatic heterocycles. The van der Waals surface area contributed by atoms with Crippen LogP contribution < -0.4 is 5.32 Å². The third-order valence-electron chi connectivity index (χ3n) is 13.0. The van der Waals surface area contributed by atoms with Crippen LogP contribution in [-0.4, -0.2) is 71.4 Å². The second-order valence-electron chi connectivity index (χ2n) is 19.1. The normalized spacial score (nSPS) is 18.9. The first-order valence-corrected chi connectivity index (χ1v) is 27.1. The molecule has 10 nitrogen and oxygen atoms in total. The summed E-state index contributed by atoms with van der Waals surface area (Å²) in [4.78, 5) is 40.6. The predicted octanol–water partition coefficient (Wildman–Crippen LogP) is 13.3. The lowest BCUT2D eigenvalue weighted by Crippen LogP contribution is -2.66. The average Bonchev–Trinajstić information content (AvgIpc) is 3.30. The van der Waals surface area contributed by atoms with E-state index in [-0.39, 0.29) is 25.4 Å². The van der Waals surface area contributed by atoms with Gasteiger partial charge in [-0.3, -0.25) is 14.4 Å². The van der Waals surface area contributed by atoms with Gasteiger partial charge >= 0.3 is 11.9 Å². The van der Waals surface area contributed by atoms with Gasteiger partial charge in [0.1, 0.15) is 24.4 Å². The highest BCUT2D eigenvalue weighted by molar-refractivity contribution is 5.78. The van der Waals surface area contributed by atoms with Crippen LogP contribution in [0.5, 0.6) is 0 Å². The van der Waals surface area contributed by atoms with E-state index in [0.717, 1.165) is 63.4 Å². The van der Waals surface area contributed by atoms with Crippen LogP contribution in [0.2, 0.25) is 0 Å². The molecule has 1 aliphatic rings. The van der Waals surface area contributed by atoms with Gasteiger partial charge in [-0.05, 0) is 31.2 Å². The fraction of sp³-hybridized carbons (Fsp3) is 0.836. The molecule has 0 spiro atoms. The summed E-state index contributed by atoms with van der Waals surface area (Å²) in [5, 5.41) is 24.6. The van der Waals surface area contributed by atoms with Gasteiger partial charge in [-0.15, -0.1) is 0 Å². The third-order valence-corrected chi connectivity index (χ3v) is 13.0. The minimum absolute atomic E-state index is 0.0815. The largest absolute Gasteiger partial charge is 0.462 e. The summed E-state index contributed by atoms with van der Waals surface area (Å²) < 4.78 is 24.3. The molecule has 1 aromatic rings. The van der Waals surface area contributed by atoms with Gasteiger partial charge in [-0.1, -0.05) is 231 Å². The predicted molar refractivity (Wildman–Crippen MR) is 263 cm³/mol. The quantitative estimate of drug-likeness (QED) is 0.0431. The summed E-state index contributed by atoms with van der Waals surface area (Å²) in [5.41, 5.74) is 0.864. The molecule has 1 fully saturated rings. The molecule has 65 heavy (non-hydrogen) atoms. The number of nitrogens with one attached hydrogen (secondary N) is 1. The summed E-state index contributed by atoms with van der Waals surface area (Å²) >= 11 is 0. The van der Waals surface area contributed by atoms with Gasteiger partial charge in [0.2, 0.25) is 5.91 Å². The van der Waals surface area contributed by atoms with Crippen molar-refractivity contribution in [3.05, 3.63) is 35.9 Å². The Hall–Kier alpha value is -2.53. The van der Waals surface area contributed by atoms with Gasteiger partial charge in [-0.2, -0.15) is 0 Å². The number of hydrogen-bond donors (Lipinski definition) is 3. The first kappa shape index (κ1) is 58.6. The maximum Gasteiger partial charge on any atom is 0.306 e. The van der Waals surface area contributed by atoms with Crippen LogP contribution in [0.1, 0.15) is 251 Å². The Balaban J connectivity index is 2.05. The maximum absolute atomic E-state index is 14.0. The van der Waals surface area contributed by atoms with Crippen molar-refractivity contribution in [3.63, 3.8) is 0 Å². The van der Waals surface area contributed by atoms with E-state index < -0.39 is 55.2 Å². The zero-order valence-electron chi connectivity index (χ0n) is 41.8. The van der Waals surface area contributed by atoms with Gasteiger partial charge in [0.15, 0.2) is 12.4 Å². The highest BCUT2D eigenvalue weighted by atomic mass is 16.7. The Morgan fingerprint density at radius 1 is 0.600 bits per heavy atom. The average molecular weight is 916 g/mol. The van der Waals surface area contributed by atoms with E-state index in [1.165, 1.54) is 135 Å². The van der Waals surface area contributed by atoms with Gasteiger partial charge in [0, 0.05) is 12.8 Å². The number of aliphatic hydroxyl groups is 2. The minimum Gasteiger partial charge on any atom is -0.462 e. The molecule has 376 valence electrons. The SMILES string of the molecule is CCCCCCCCCCCCCC(=O)O[C@@H](CCCCCCCCCCC)CC(=O)N[C@H]1[C@H](OCc2ccccc2)O[C@H](CO)[C@@H](O)[C@@H]1OC(=O)CCCCCCCCCCCCC. The molecule has 0 aliphatic carbocycles. The molecule has 0 bridgehead atoms. The molecule has 0 saturated carbocycles. The topological polar surface area (TPSA) is 141 Å². The lowest BCUT2D eigenvalue weighted by Gasteiger charge is -2.43. The molecular weight excluding hydrogens is 819 g/mol. The molecule has 0 radical (unpaired) electrons. The van der Waals surface area contributed by atoms with Crippen LogP contribution in [0.15, 0.2) is 30.3 Å². The van der Waals surface area contributed by atoms with Gasteiger partial charge in [-0.25, -0.2) is 0 Å². The number of rotatable bonds is 43. The summed E-state index contributed by atoms with van der Waals surface area (Å²) in [6.07, 6.45) is 31.7. The van der Waals surface area contributed by atoms with Crippen LogP contribution in [0.3, 0.4) is 0 Å². The molecule has 1 amide bonds. The van der Waals surface area contributed by atoms with Crippen molar-refractivity contribution in [3.8, 4) is 0 Å². The molecule has 2 rings (SSSR count). The van der Waals surface area contributed by atoms with Crippen LogP contribution in [-0.2, 0) is 39.9 Å². The molecule has 10 heteroatoms. The molecular formula is C55H97NO9. The second-order valence-corrected chi connectivity index (χ2v) is 19.1. The zero-order chi connectivity index (χ0) is 47.0. The number of unbranched alkanes of at least 4 members (excludes halogenated alkanes) is 28.